The van der Waals surface area contributed by atoms with Crippen molar-refractivity contribution < 1.29 is 4.42 Å². The Balaban J connectivity index is 1.63. The van der Waals surface area contributed by atoms with Gasteiger partial charge in [-0.2, -0.15) is 5.26 Å². The number of nitriles is 1. The summed E-state index contributed by atoms with van der Waals surface area (Å²) in [5.41, 5.74) is 2.30. The first-order valence-electron chi connectivity index (χ1n) is 8.55. The van der Waals surface area contributed by atoms with E-state index in [-0.39, 0.29) is 12.1 Å². The number of thioether (sulfide) groups is 1. The highest BCUT2D eigenvalue weighted by atomic mass is 32.2. The zero-order chi connectivity index (χ0) is 19.5. The van der Waals surface area contributed by atoms with Gasteiger partial charge in [0.15, 0.2) is 0 Å². The Labute approximate surface area is 164 Å². The van der Waals surface area contributed by atoms with Gasteiger partial charge in [0.2, 0.25) is 5.89 Å². The van der Waals surface area contributed by atoms with Crippen LogP contribution in [-0.4, -0.2) is 19.7 Å². The van der Waals surface area contributed by atoms with E-state index in [0.717, 1.165) is 11.1 Å². The monoisotopic (exact) mass is 389 g/mol. The second-order valence-electron chi connectivity index (χ2n) is 6.07. The molecule has 2 aromatic carbocycles. The number of aromatic nitrogens is 4. The molecule has 2 heterocycles. The van der Waals surface area contributed by atoms with Gasteiger partial charge in [-0.3, -0.25) is 9.36 Å². The molecule has 0 aliphatic heterocycles. The summed E-state index contributed by atoms with van der Waals surface area (Å²) < 4.78 is 7.13. The summed E-state index contributed by atoms with van der Waals surface area (Å²) in [6.07, 6.45) is 0. The number of nitrogens with zero attached hydrogens (tertiary/aromatic N) is 5. The van der Waals surface area contributed by atoms with Crippen molar-refractivity contribution in [3.05, 3.63) is 70.3 Å². The summed E-state index contributed by atoms with van der Waals surface area (Å²) in [6.45, 7) is 1.91. The van der Waals surface area contributed by atoms with Crippen LogP contribution in [0.4, 0.5) is 0 Å². The number of benzene rings is 2. The van der Waals surface area contributed by atoms with Crippen molar-refractivity contribution in [3.63, 3.8) is 0 Å². The van der Waals surface area contributed by atoms with Crippen molar-refractivity contribution in [2.75, 3.05) is 0 Å². The lowest BCUT2D eigenvalue weighted by molar-refractivity contribution is 0.465. The molecule has 0 aliphatic carbocycles. The third kappa shape index (κ3) is 3.40. The minimum absolute atomic E-state index is 0.0646. The second kappa shape index (κ2) is 7.66. The maximum atomic E-state index is 12.7. The van der Waals surface area contributed by atoms with Crippen LogP contribution in [0.15, 0.2) is 63.0 Å². The SMILES string of the molecule is Cc1ccccc1-c1nnc(SCc2nc3ccccc3c(=O)n2CC#N)o1. The van der Waals surface area contributed by atoms with Crippen molar-refractivity contribution in [2.24, 2.45) is 0 Å². The molecule has 138 valence electrons. The lowest BCUT2D eigenvalue weighted by Gasteiger charge is -2.09. The molecule has 0 bridgehead atoms. The van der Waals surface area contributed by atoms with Gasteiger partial charge in [0.25, 0.3) is 10.8 Å². The molecular formula is C20H15N5O2S. The summed E-state index contributed by atoms with van der Waals surface area (Å²) in [5, 5.41) is 18.1. The van der Waals surface area contributed by atoms with E-state index < -0.39 is 0 Å². The average Bonchev–Trinajstić information content (AvgIpc) is 3.18. The zero-order valence-corrected chi connectivity index (χ0v) is 15.8. The van der Waals surface area contributed by atoms with Crippen molar-refractivity contribution in [1.29, 1.82) is 5.26 Å². The van der Waals surface area contributed by atoms with Crippen molar-refractivity contribution >= 4 is 22.7 Å². The summed E-state index contributed by atoms with van der Waals surface area (Å²) in [6, 6.07) is 16.9. The molecule has 0 spiro atoms. The fraction of sp³-hybridized carbons (Fsp3) is 0.150. The average molecular weight is 389 g/mol. The normalized spacial score (nSPS) is 10.9. The summed E-state index contributed by atoms with van der Waals surface area (Å²) in [4.78, 5) is 17.2. The largest absolute Gasteiger partial charge is 0.411 e. The first kappa shape index (κ1) is 17.9. The van der Waals surface area contributed by atoms with Crippen LogP contribution in [0.1, 0.15) is 11.4 Å². The van der Waals surface area contributed by atoms with Gasteiger partial charge in [0.05, 0.1) is 22.7 Å². The molecule has 0 aliphatic rings. The van der Waals surface area contributed by atoms with Crippen LogP contribution < -0.4 is 5.56 Å². The molecule has 0 N–H and O–H groups in total. The lowest BCUT2D eigenvalue weighted by atomic mass is 10.1. The Morgan fingerprint density at radius 3 is 2.75 bits per heavy atom. The first-order valence-corrected chi connectivity index (χ1v) is 9.53. The molecule has 2 aromatic heterocycles. The highest BCUT2D eigenvalue weighted by Gasteiger charge is 2.14. The number of fused-ring (bicyclic) bond motifs is 1. The number of rotatable bonds is 5. The van der Waals surface area contributed by atoms with Crippen LogP contribution in [0, 0.1) is 18.3 Å². The van der Waals surface area contributed by atoms with E-state index >= 15 is 0 Å². The van der Waals surface area contributed by atoms with E-state index in [4.69, 9.17) is 9.68 Å². The molecule has 0 unspecified atom stereocenters. The van der Waals surface area contributed by atoms with E-state index in [1.807, 2.05) is 43.3 Å². The molecule has 28 heavy (non-hydrogen) atoms. The number of hydrogen-bond donors (Lipinski definition) is 0. The molecule has 0 saturated carbocycles. The van der Waals surface area contributed by atoms with Crippen LogP contribution >= 0.6 is 11.8 Å². The molecule has 0 atom stereocenters. The summed E-state index contributed by atoms with van der Waals surface area (Å²) in [5.74, 6) is 1.27. The van der Waals surface area contributed by atoms with Gasteiger partial charge in [0, 0.05) is 5.56 Å². The second-order valence-corrected chi connectivity index (χ2v) is 7.00. The van der Waals surface area contributed by atoms with Crippen LogP contribution in [-0.2, 0) is 12.3 Å². The Bertz CT molecular complexity index is 1260. The summed E-state index contributed by atoms with van der Waals surface area (Å²) in [7, 11) is 0. The highest BCUT2D eigenvalue weighted by molar-refractivity contribution is 7.98. The van der Waals surface area contributed by atoms with E-state index in [1.54, 1.807) is 18.2 Å². The third-order valence-corrected chi connectivity index (χ3v) is 5.09. The third-order valence-electron chi connectivity index (χ3n) is 4.28. The maximum Gasteiger partial charge on any atom is 0.277 e. The van der Waals surface area contributed by atoms with E-state index in [1.165, 1.54) is 16.3 Å². The molecule has 0 amide bonds. The van der Waals surface area contributed by atoms with Gasteiger partial charge >= 0.3 is 0 Å². The standard InChI is InChI=1S/C20H15N5O2S/c1-13-6-2-3-7-14(13)18-23-24-20(27-18)28-12-17-22-16-9-5-4-8-15(16)19(26)25(17)11-10-21/h2-9H,11-12H2,1H3. The molecule has 0 radical (unpaired) electrons. The predicted molar refractivity (Wildman–Crippen MR) is 106 cm³/mol. The van der Waals surface area contributed by atoms with Crippen LogP contribution in [0.5, 0.6) is 0 Å². The van der Waals surface area contributed by atoms with Crippen LogP contribution in [0.25, 0.3) is 22.4 Å². The van der Waals surface area contributed by atoms with E-state index in [9.17, 15) is 4.79 Å². The van der Waals surface area contributed by atoms with Crippen molar-refractivity contribution in [2.45, 2.75) is 24.4 Å². The van der Waals surface area contributed by atoms with Crippen LogP contribution in [0.2, 0.25) is 0 Å². The maximum absolute atomic E-state index is 12.7. The fourth-order valence-electron chi connectivity index (χ4n) is 2.87. The molecule has 7 nitrogen and oxygen atoms in total. The quantitative estimate of drug-likeness (QED) is 0.481. The molecule has 8 heteroatoms. The van der Waals surface area contributed by atoms with Gasteiger partial charge in [-0.25, -0.2) is 4.98 Å². The Morgan fingerprint density at radius 1 is 1.14 bits per heavy atom. The van der Waals surface area contributed by atoms with Gasteiger partial charge < -0.3 is 4.42 Å². The zero-order valence-electron chi connectivity index (χ0n) is 15.0. The smallest absolute Gasteiger partial charge is 0.277 e. The van der Waals surface area contributed by atoms with Gasteiger partial charge in [-0.1, -0.05) is 42.1 Å². The molecule has 0 fully saturated rings. The molecular weight excluding hydrogens is 374 g/mol. The molecule has 4 aromatic rings. The Morgan fingerprint density at radius 2 is 1.93 bits per heavy atom. The Kier molecular flexibility index (Phi) is 4.91. The number of hydrogen-bond acceptors (Lipinski definition) is 7. The highest BCUT2D eigenvalue weighted by Crippen LogP contribution is 2.27. The van der Waals surface area contributed by atoms with Gasteiger partial charge in [-0.15, -0.1) is 10.2 Å². The number of para-hydroxylation sites is 1. The summed E-state index contributed by atoms with van der Waals surface area (Å²) >= 11 is 1.28. The lowest BCUT2D eigenvalue weighted by Crippen LogP contribution is -2.24. The minimum Gasteiger partial charge on any atom is -0.411 e. The van der Waals surface area contributed by atoms with Crippen molar-refractivity contribution in [3.8, 4) is 17.5 Å². The first-order chi connectivity index (χ1) is 13.7. The van der Waals surface area contributed by atoms with E-state index in [0.29, 0.717) is 33.6 Å². The van der Waals surface area contributed by atoms with Crippen molar-refractivity contribution in [1.82, 2.24) is 19.7 Å². The molecule has 0 saturated heterocycles. The minimum atomic E-state index is -0.228. The van der Waals surface area contributed by atoms with Gasteiger partial charge in [0.1, 0.15) is 12.4 Å². The Hall–Kier alpha value is -3.44. The number of aryl methyl sites for hydroxylation is 1. The fourth-order valence-corrected chi connectivity index (χ4v) is 3.58. The van der Waals surface area contributed by atoms with Gasteiger partial charge in [-0.05, 0) is 30.7 Å². The topological polar surface area (TPSA) is 97.6 Å². The predicted octanol–water partition coefficient (Wildman–Crippen LogP) is 3.57. The van der Waals surface area contributed by atoms with E-state index in [2.05, 4.69) is 15.2 Å². The van der Waals surface area contributed by atoms with Crippen LogP contribution in [0.3, 0.4) is 0 Å². The molecule has 4 rings (SSSR count).